The molecule has 0 bridgehead atoms. The van der Waals surface area contributed by atoms with Gasteiger partial charge in [-0.2, -0.15) is 5.10 Å². The molecule has 1 aromatic carbocycles. The number of carbonyl (C=O) groups is 1. The highest BCUT2D eigenvalue weighted by atomic mass is 16.2. The second-order valence-corrected chi connectivity index (χ2v) is 5.21. The van der Waals surface area contributed by atoms with Crippen molar-refractivity contribution in [2.24, 2.45) is 0 Å². The molecule has 6 nitrogen and oxygen atoms in total. The minimum Gasteiger partial charge on any atom is -0.348 e. The Labute approximate surface area is 120 Å². The highest BCUT2D eigenvalue weighted by Crippen LogP contribution is 2.25. The Kier molecular flexibility index (Phi) is 2.67. The van der Waals surface area contributed by atoms with Gasteiger partial charge in [0.05, 0.1) is 5.52 Å². The lowest BCUT2D eigenvalue weighted by atomic mass is 10.1. The lowest BCUT2D eigenvalue weighted by Crippen LogP contribution is -2.25. The molecule has 104 valence electrons. The molecule has 1 saturated carbocycles. The number of carbonyl (C=O) groups excluding carboxylic acids is 1. The number of nitrogens with one attached hydrogen (secondary N) is 2. The summed E-state index contributed by atoms with van der Waals surface area (Å²) in [7, 11) is 0. The third-order valence-electron chi connectivity index (χ3n) is 3.58. The highest BCUT2D eigenvalue weighted by Gasteiger charge is 2.25. The third kappa shape index (κ3) is 2.24. The fourth-order valence-electron chi connectivity index (χ4n) is 2.30. The van der Waals surface area contributed by atoms with E-state index in [1.165, 1.54) is 6.33 Å². The first-order valence-corrected chi connectivity index (χ1v) is 6.85. The predicted octanol–water partition coefficient (Wildman–Crippen LogP) is 1.91. The van der Waals surface area contributed by atoms with Gasteiger partial charge in [0.25, 0.3) is 5.91 Å². The van der Waals surface area contributed by atoms with Crippen LogP contribution in [-0.4, -0.2) is 32.1 Å². The quantitative estimate of drug-likeness (QED) is 0.767. The van der Waals surface area contributed by atoms with E-state index in [4.69, 9.17) is 0 Å². The molecule has 3 aromatic rings. The zero-order valence-corrected chi connectivity index (χ0v) is 11.2. The number of rotatable bonds is 3. The Bertz CT molecular complexity index is 807. The van der Waals surface area contributed by atoms with Crippen LogP contribution in [0, 0.1) is 0 Å². The summed E-state index contributed by atoms with van der Waals surface area (Å²) in [4.78, 5) is 20.2. The number of aromatic amines is 1. The van der Waals surface area contributed by atoms with E-state index in [0.29, 0.717) is 11.7 Å². The fourth-order valence-corrected chi connectivity index (χ4v) is 2.30. The molecule has 2 heterocycles. The molecule has 1 aliphatic rings. The van der Waals surface area contributed by atoms with Crippen molar-refractivity contribution >= 4 is 16.8 Å². The Morgan fingerprint density at radius 3 is 2.76 bits per heavy atom. The van der Waals surface area contributed by atoms with Crippen LogP contribution in [0.3, 0.4) is 0 Å². The summed E-state index contributed by atoms with van der Waals surface area (Å²) >= 11 is 0. The summed E-state index contributed by atoms with van der Waals surface area (Å²) in [6.07, 6.45) is 7.10. The van der Waals surface area contributed by atoms with Crippen molar-refractivity contribution in [3.05, 3.63) is 42.6 Å². The fraction of sp³-hybridized carbons (Fsp3) is 0.200. The van der Waals surface area contributed by atoms with E-state index in [1.807, 2.05) is 18.2 Å². The minimum absolute atomic E-state index is 0.120. The van der Waals surface area contributed by atoms with Gasteiger partial charge in [-0.3, -0.25) is 9.89 Å². The molecule has 0 atom stereocenters. The van der Waals surface area contributed by atoms with Crippen LogP contribution in [0.15, 0.2) is 36.9 Å². The lowest BCUT2D eigenvalue weighted by Gasteiger charge is -2.02. The van der Waals surface area contributed by atoms with Gasteiger partial charge in [-0.1, -0.05) is 6.07 Å². The molecule has 2 N–H and O–H groups in total. The largest absolute Gasteiger partial charge is 0.348 e. The average molecular weight is 279 g/mol. The van der Waals surface area contributed by atoms with Gasteiger partial charge in [0.15, 0.2) is 5.69 Å². The van der Waals surface area contributed by atoms with Gasteiger partial charge in [-0.05, 0) is 30.5 Å². The van der Waals surface area contributed by atoms with E-state index in [1.54, 1.807) is 12.4 Å². The molecule has 1 amide bonds. The molecule has 21 heavy (non-hydrogen) atoms. The summed E-state index contributed by atoms with van der Waals surface area (Å²) < 4.78 is 0. The Morgan fingerprint density at radius 1 is 1.19 bits per heavy atom. The van der Waals surface area contributed by atoms with Crippen LogP contribution >= 0.6 is 0 Å². The topological polar surface area (TPSA) is 83.6 Å². The van der Waals surface area contributed by atoms with Gasteiger partial charge in [-0.25, -0.2) is 9.97 Å². The van der Waals surface area contributed by atoms with Crippen molar-refractivity contribution in [2.45, 2.75) is 18.9 Å². The van der Waals surface area contributed by atoms with Crippen molar-refractivity contribution in [1.29, 1.82) is 0 Å². The first-order chi connectivity index (χ1) is 10.3. The molecule has 0 spiro atoms. The summed E-state index contributed by atoms with van der Waals surface area (Å²) in [6.45, 7) is 0. The number of benzene rings is 1. The average Bonchev–Trinajstić information content (AvgIpc) is 3.23. The number of H-pyrrole nitrogens is 1. The number of fused-ring (bicyclic) bond motifs is 1. The molecule has 1 fully saturated rings. The number of amides is 1. The van der Waals surface area contributed by atoms with Crippen molar-refractivity contribution in [1.82, 2.24) is 25.5 Å². The van der Waals surface area contributed by atoms with Gasteiger partial charge >= 0.3 is 0 Å². The standard InChI is InChI=1S/C15H13N5O/c21-15(18-11-2-3-11)14-12-5-9(1-4-13(12)19-20-14)10-6-16-8-17-7-10/h1,4-8,11H,2-3H2,(H,18,21)(H,19,20). The second-order valence-electron chi connectivity index (χ2n) is 5.21. The molecular formula is C15H13N5O. The van der Waals surface area contributed by atoms with E-state index >= 15 is 0 Å². The summed E-state index contributed by atoms with van der Waals surface area (Å²) in [6, 6.07) is 6.13. The maximum Gasteiger partial charge on any atom is 0.272 e. The van der Waals surface area contributed by atoms with E-state index < -0.39 is 0 Å². The van der Waals surface area contributed by atoms with Gasteiger partial charge in [-0.15, -0.1) is 0 Å². The lowest BCUT2D eigenvalue weighted by molar-refractivity contribution is 0.0947. The number of nitrogens with zero attached hydrogens (tertiary/aromatic N) is 3. The van der Waals surface area contributed by atoms with E-state index in [9.17, 15) is 4.79 Å². The molecule has 0 unspecified atom stereocenters. The Hall–Kier alpha value is -2.76. The van der Waals surface area contributed by atoms with E-state index in [0.717, 1.165) is 34.9 Å². The van der Waals surface area contributed by atoms with E-state index in [-0.39, 0.29) is 5.91 Å². The maximum absolute atomic E-state index is 12.2. The Balaban J connectivity index is 1.77. The van der Waals surface area contributed by atoms with Crippen LogP contribution in [-0.2, 0) is 0 Å². The number of hydrogen-bond donors (Lipinski definition) is 2. The molecular weight excluding hydrogens is 266 g/mol. The van der Waals surface area contributed by atoms with Crippen LogP contribution in [0.5, 0.6) is 0 Å². The van der Waals surface area contributed by atoms with Gasteiger partial charge in [0, 0.05) is 29.4 Å². The van der Waals surface area contributed by atoms with Crippen LogP contribution in [0.2, 0.25) is 0 Å². The normalized spacial score (nSPS) is 14.3. The second kappa shape index (κ2) is 4.66. The molecule has 4 rings (SSSR count). The minimum atomic E-state index is -0.120. The monoisotopic (exact) mass is 279 g/mol. The molecule has 2 aromatic heterocycles. The first-order valence-electron chi connectivity index (χ1n) is 6.85. The van der Waals surface area contributed by atoms with Gasteiger partial charge in [0.2, 0.25) is 0 Å². The van der Waals surface area contributed by atoms with Crippen molar-refractivity contribution in [2.75, 3.05) is 0 Å². The molecule has 0 saturated heterocycles. The third-order valence-corrected chi connectivity index (χ3v) is 3.58. The maximum atomic E-state index is 12.2. The number of hydrogen-bond acceptors (Lipinski definition) is 4. The Morgan fingerprint density at radius 2 is 2.00 bits per heavy atom. The summed E-state index contributed by atoms with van der Waals surface area (Å²) in [5.41, 5.74) is 3.16. The van der Waals surface area contributed by atoms with Crippen LogP contribution in [0.25, 0.3) is 22.0 Å². The predicted molar refractivity (Wildman–Crippen MR) is 77.6 cm³/mol. The molecule has 1 aliphatic carbocycles. The molecule has 6 heteroatoms. The van der Waals surface area contributed by atoms with Gasteiger partial charge < -0.3 is 5.32 Å². The van der Waals surface area contributed by atoms with Crippen LogP contribution in [0.4, 0.5) is 0 Å². The molecule has 0 radical (unpaired) electrons. The van der Waals surface area contributed by atoms with Crippen LogP contribution in [0.1, 0.15) is 23.3 Å². The van der Waals surface area contributed by atoms with Crippen molar-refractivity contribution < 1.29 is 4.79 Å². The number of aromatic nitrogens is 4. The van der Waals surface area contributed by atoms with E-state index in [2.05, 4.69) is 25.5 Å². The zero-order chi connectivity index (χ0) is 14.2. The van der Waals surface area contributed by atoms with Crippen molar-refractivity contribution in [3.63, 3.8) is 0 Å². The van der Waals surface area contributed by atoms with Crippen molar-refractivity contribution in [3.8, 4) is 11.1 Å². The van der Waals surface area contributed by atoms with Gasteiger partial charge in [0.1, 0.15) is 6.33 Å². The first kappa shape index (κ1) is 12.0. The highest BCUT2D eigenvalue weighted by molar-refractivity contribution is 6.05. The summed E-state index contributed by atoms with van der Waals surface area (Å²) in [5.74, 6) is -0.120. The smallest absolute Gasteiger partial charge is 0.272 e. The van der Waals surface area contributed by atoms with Crippen LogP contribution < -0.4 is 5.32 Å². The molecule has 0 aliphatic heterocycles. The SMILES string of the molecule is O=C(NC1CC1)c1n[nH]c2ccc(-c3cncnc3)cc12. The zero-order valence-electron chi connectivity index (χ0n) is 11.2. The summed E-state index contributed by atoms with van der Waals surface area (Å²) in [5, 5.41) is 10.8.